The molecule has 1 N–H and O–H groups in total. The van der Waals surface area contributed by atoms with Gasteiger partial charge in [0, 0.05) is 45.8 Å². The maximum Gasteiger partial charge on any atom is 0.249 e. The predicted octanol–water partition coefficient (Wildman–Crippen LogP) is 1.49. The Morgan fingerprint density at radius 3 is 2.27 bits per heavy atom. The van der Waals surface area contributed by atoms with Crippen LogP contribution in [0.15, 0.2) is 54.6 Å². The number of hydrogen-bond donors (Lipinski definition) is 1. The van der Waals surface area contributed by atoms with Crippen LogP contribution in [0.5, 0.6) is 0 Å². The van der Waals surface area contributed by atoms with Crippen molar-refractivity contribution in [3.05, 3.63) is 60.2 Å². The quantitative estimate of drug-likeness (QED) is 0.403. The van der Waals surface area contributed by atoms with Gasteiger partial charge in [-0.2, -0.15) is 0 Å². The molecule has 44 heavy (non-hydrogen) atoms. The number of carbonyl (C=O) groups excluding carboxylic acids is 3. The summed E-state index contributed by atoms with van der Waals surface area (Å²) in [5, 5.41) is 10.8. The highest BCUT2D eigenvalue weighted by Gasteiger charge is 2.75. The van der Waals surface area contributed by atoms with Crippen molar-refractivity contribution < 1.29 is 29.0 Å². The van der Waals surface area contributed by atoms with Gasteiger partial charge in [-0.3, -0.25) is 19.3 Å². The predicted molar refractivity (Wildman–Crippen MR) is 164 cm³/mol. The molecule has 3 fully saturated rings. The number of benzene rings is 1. The number of fused-ring (bicyclic) bond motifs is 2. The Balaban J connectivity index is 1.42. The standard InChI is InChI=1S/C34H46N4O6/c1-3-14-36-15-8-12-33(4-2)27(30(36)40)28-31(41)38(26(24-39)23-25-10-6-5-7-11-25)29-32(42)37(16-9-13-34(28,29)44-33)18-17-35-19-21-43-22-20-35/h5-13,26-29,39H,3-4,14-24H2,1-2H3/t26-,27+,28+,29?,33-,34+/m1/s1. The molecule has 10 nitrogen and oxygen atoms in total. The summed E-state index contributed by atoms with van der Waals surface area (Å²) in [6, 6.07) is 8.05. The second kappa shape index (κ2) is 12.7. The van der Waals surface area contributed by atoms with E-state index in [1.54, 1.807) is 4.90 Å². The van der Waals surface area contributed by atoms with Crippen LogP contribution in [0.3, 0.4) is 0 Å². The summed E-state index contributed by atoms with van der Waals surface area (Å²) in [5.41, 5.74) is -1.38. The number of rotatable bonds is 10. The number of likely N-dealkylation sites (tertiary alicyclic amines) is 1. The summed E-state index contributed by atoms with van der Waals surface area (Å²) in [6.45, 7) is 9.30. The van der Waals surface area contributed by atoms with Crippen molar-refractivity contribution in [2.45, 2.75) is 56.4 Å². The van der Waals surface area contributed by atoms with E-state index in [0.29, 0.717) is 58.8 Å². The number of hydrogen-bond acceptors (Lipinski definition) is 7. The lowest BCUT2D eigenvalue weighted by Gasteiger charge is -2.41. The maximum atomic E-state index is 14.9. The molecule has 0 radical (unpaired) electrons. The minimum atomic E-state index is -1.33. The van der Waals surface area contributed by atoms with Crippen LogP contribution < -0.4 is 0 Å². The van der Waals surface area contributed by atoms with Gasteiger partial charge in [0.15, 0.2) is 0 Å². The molecule has 1 unspecified atom stereocenters. The first kappa shape index (κ1) is 31.0. The lowest BCUT2D eigenvalue weighted by atomic mass is 9.73. The van der Waals surface area contributed by atoms with Crippen LogP contribution in [0, 0.1) is 11.8 Å². The summed E-state index contributed by atoms with van der Waals surface area (Å²) < 4.78 is 12.6. The van der Waals surface area contributed by atoms with Crippen molar-refractivity contribution >= 4 is 17.7 Å². The van der Waals surface area contributed by atoms with Crippen LogP contribution >= 0.6 is 0 Å². The van der Waals surface area contributed by atoms with Gasteiger partial charge in [0.2, 0.25) is 17.7 Å². The molecule has 3 amide bonds. The minimum Gasteiger partial charge on any atom is -0.394 e. The Hall–Kier alpha value is -3.05. The second-order valence-corrected chi connectivity index (χ2v) is 12.7. The summed E-state index contributed by atoms with van der Waals surface area (Å²) in [4.78, 5) is 51.4. The van der Waals surface area contributed by atoms with Gasteiger partial charge in [-0.15, -0.1) is 0 Å². The lowest BCUT2D eigenvalue weighted by Crippen LogP contribution is -2.59. The molecule has 0 aliphatic carbocycles. The number of nitrogens with zero attached hydrogens (tertiary/aromatic N) is 4. The van der Waals surface area contributed by atoms with Gasteiger partial charge in [-0.25, -0.2) is 0 Å². The highest BCUT2D eigenvalue weighted by atomic mass is 16.5. The van der Waals surface area contributed by atoms with Crippen molar-refractivity contribution in [2.75, 3.05) is 65.6 Å². The molecule has 238 valence electrons. The molecule has 6 rings (SSSR count). The molecule has 0 saturated carbocycles. The number of aliphatic hydroxyl groups is 1. The van der Waals surface area contributed by atoms with Gasteiger partial charge in [0.05, 0.1) is 43.3 Å². The van der Waals surface area contributed by atoms with Gasteiger partial charge in [-0.1, -0.05) is 68.5 Å². The summed E-state index contributed by atoms with van der Waals surface area (Å²) in [5.74, 6) is -2.25. The molecule has 5 heterocycles. The zero-order valence-electron chi connectivity index (χ0n) is 26.0. The fraction of sp³-hybridized carbons (Fsp3) is 0.618. The Kier molecular flexibility index (Phi) is 8.97. The summed E-state index contributed by atoms with van der Waals surface area (Å²) in [7, 11) is 0. The van der Waals surface area contributed by atoms with Crippen LogP contribution in [0.1, 0.15) is 32.3 Å². The highest BCUT2D eigenvalue weighted by molar-refractivity contribution is 6.00. The number of morpholine rings is 1. The first-order valence-corrected chi connectivity index (χ1v) is 16.3. The van der Waals surface area contributed by atoms with Crippen LogP contribution in [0.2, 0.25) is 0 Å². The average molecular weight is 607 g/mol. The fourth-order valence-electron chi connectivity index (χ4n) is 8.09. The zero-order valence-corrected chi connectivity index (χ0v) is 26.0. The monoisotopic (exact) mass is 606 g/mol. The Morgan fingerprint density at radius 2 is 1.59 bits per heavy atom. The van der Waals surface area contributed by atoms with E-state index >= 15 is 0 Å². The van der Waals surface area contributed by atoms with Crippen molar-refractivity contribution in [3.63, 3.8) is 0 Å². The highest BCUT2D eigenvalue weighted by Crippen LogP contribution is 2.59. The topological polar surface area (TPSA) is 103 Å². The van der Waals surface area contributed by atoms with Gasteiger partial charge in [0.25, 0.3) is 0 Å². The van der Waals surface area contributed by atoms with E-state index in [-0.39, 0.29) is 24.3 Å². The SMILES string of the molecule is CCCN1CC=C[C@@]2(CC)O[C@]34C=CCN(CCN5CCOCC5)C(=O)C3N([C@@H](CO)Cc3ccccc3)C(=O)[C@@H]4[C@H]2C1=O. The van der Waals surface area contributed by atoms with Crippen LogP contribution in [-0.2, 0) is 30.3 Å². The number of aliphatic hydroxyl groups excluding tert-OH is 1. The number of amides is 3. The Morgan fingerprint density at radius 1 is 0.886 bits per heavy atom. The van der Waals surface area contributed by atoms with Crippen LogP contribution in [0.25, 0.3) is 0 Å². The minimum absolute atomic E-state index is 0.104. The molecule has 1 spiro atoms. The van der Waals surface area contributed by atoms with Gasteiger partial charge in [-0.05, 0) is 24.8 Å². The van der Waals surface area contributed by atoms with Crippen molar-refractivity contribution in [1.29, 1.82) is 0 Å². The van der Waals surface area contributed by atoms with E-state index < -0.39 is 35.1 Å². The van der Waals surface area contributed by atoms with E-state index in [1.165, 1.54) is 0 Å². The van der Waals surface area contributed by atoms with Crippen molar-refractivity contribution in [2.24, 2.45) is 11.8 Å². The third kappa shape index (κ3) is 5.19. The van der Waals surface area contributed by atoms with E-state index in [4.69, 9.17) is 9.47 Å². The molecule has 0 aromatic heterocycles. The molecule has 5 aliphatic rings. The molecule has 6 atom stereocenters. The Labute approximate surface area is 260 Å². The van der Waals surface area contributed by atoms with Crippen LogP contribution in [-0.4, -0.2) is 131 Å². The van der Waals surface area contributed by atoms with Gasteiger partial charge < -0.3 is 29.3 Å². The molecule has 1 aromatic rings. The molecular formula is C34H46N4O6. The van der Waals surface area contributed by atoms with Crippen LogP contribution in [0.4, 0.5) is 0 Å². The Bertz CT molecular complexity index is 1280. The smallest absolute Gasteiger partial charge is 0.249 e. The molecule has 5 aliphatic heterocycles. The zero-order chi connectivity index (χ0) is 30.9. The molecule has 3 saturated heterocycles. The first-order chi connectivity index (χ1) is 21.4. The van der Waals surface area contributed by atoms with E-state index in [0.717, 1.165) is 25.1 Å². The molecule has 10 heteroatoms. The maximum absolute atomic E-state index is 14.9. The van der Waals surface area contributed by atoms with Crippen molar-refractivity contribution in [1.82, 2.24) is 19.6 Å². The summed E-state index contributed by atoms with van der Waals surface area (Å²) in [6.07, 6.45) is 9.47. The van der Waals surface area contributed by atoms with E-state index in [1.807, 2.05) is 78.3 Å². The number of ether oxygens (including phenoxy) is 2. The molecule has 1 aromatic carbocycles. The normalized spacial score (nSPS) is 32.8. The largest absolute Gasteiger partial charge is 0.394 e. The molecule has 0 bridgehead atoms. The van der Waals surface area contributed by atoms with E-state index in [9.17, 15) is 19.5 Å². The lowest BCUT2D eigenvalue weighted by molar-refractivity contribution is -0.157. The average Bonchev–Trinajstić information content (AvgIpc) is 3.35. The molecular weight excluding hydrogens is 560 g/mol. The third-order valence-electron chi connectivity index (χ3n) is 10.2. The fourth-order valence-corrected chi connectivity index (χ4v) is 8.09. The summed E-state index contributed by atoms with van der Waals surface area (Å²) >= 11 is 0. The van der Waals surface area contributed by atoms with E-state index in [2.05, 4.69) is 4.90 Å². The van der Waals surface area contributed by atoms with Crippen molar-refractivity contribution in [3.8, 4) is 0 Å². The van der Waals surface area contributed by atoms with Gasteiger partial charge in [0.1, 0.15) is 11.6 Å². The number of carbonyl (C=O) groups is 3. The first-order valence-electron chi connectivity index (χ1n) is 16.3. The second-order valence-electron chi connectivity index (χ2n) is 12.7. The van der Waals surface area contributed by atoms with Gasteiger partial charge >= 0.3 is 0 Å². The third-order valence-corrected chi connectivity index (χ3v) is 10.2.